The first-order valence-electron chi connectivity index (χ1n) is 5.70. The molecule has 0 aromatic heterocycles. The molecule has 0 saturated carbocycles. The largest absolute Gasteiger partial charge is 0.342 e. The molecule has 0 heterocycles. The predicted molar refractivity (Wildman–Crippen MR) is 67.7 cm³/mol. The average Bonchev–Trinajstić information content (AvgIpc) is 2.33. The monoisotopic (exact) mass is 257 g/mol. The van der Waals surface area contributed by atoms with Crippen LogP contribution in [-0.2, 0) is 4.79 Å². The number of hydrogen-bond acceptors (Lipinski definition) is 1. The minimum Gasteiger partial charge on any atom is -0.342 e. The van der Waals surface area contributed by atoms with Gasteiger partial charge in [0.05, 0.1) is 0 Å². The molecule has 17 heavy (non-hydrogen) atoms. The standard InChI is InChI=1S/C13H17ClFNO/c1-4-16(5-2)13(17)12(14)10-7-6-9(3)11(15)8-10/h6-8,12H,4-5H2,1-3H3. The van der Waals surface area contributed by atoms with Crippen molar-refractivity contribution < 1.29 is 9.18 Å². The van der Waals surface area contributed by atoms with Gasteiger partial charge in [-0.2, -0.15) is 0 Å². The Morgan fingerprint density at radius 1 is 1.41 bits per heavy atom. The van der Waals surface area contributed by atoms with E-state index in [9.17, 15) is 9.18 Å². The number of carbonyl (C=O) groups is 1. The number of benzene rings is 1. The molecule has 0 N–H and O–H groups in total. The highest BCUT2D eigenvalue weighted by molar-refractivity contribution is 6.30. The molecule has 94 valence electrons. The van der Waals surface area contributed by atoms with Gasteiger partial charge in [0.15, 0.2) is 0 Å². The van der Waals surface area contributed by atoms with Crippen molar-refractivity contribution in [1.29, 1.82) is 0 Å². The molecule has 1 unspecified atom stereocenters. The Bertz CT molecular complexity index is 404. The molecule has 1 aromatic carbocycles. The van der Waals surface area contributed by atoms with Crippen molar-refractivity contribution in [3.8, 4) is 0 Å². The van der Waals surface area contributed by atoms with Crippen LogP contribution in [-0.4, -0.2) is 23.9 Å². The summed E-state index contributed by atoms with van der Waals surface area (Å²) in [5.74, 6) is -0.514. The lowest BCUT2D eigenvalue weighted by Gasteiger charge is -2.22. The Morgan fingerprint density at radius 3 is 2.47 bits per heavy atom. The Labute approximate surface area is 106 Å². The average molecular weight is 258 g/mol. The van der Waals surface area contributed by atoms with Crippen molar-refractivity contribution >= 4 is 17.5 Å². The third-order valence-electron chi connectivity index (χ3n) is 2.78. The summed E-state index contributed by atoms with van der Waals surface area (Å²) >= 11 is 6.08. The molecule has 0 aliphatic heterocycles. The van der Waals surface area contributed by atoms with E-state index in [0.29, 0.717) is 24.2 Å². The summed E-state index contributed by atoms with van der Waals surface area (Å²) in [5, 5.41) is -0.815. The zero-order valence-corrected chi connectivity index (χ0v) is 11.1. The van der Waals surface area contributed by atoms with Crippen LogP contribution in [0.4, 0.5) is 4.39 Å². The molecule has 0 spiro atoms. The number of alkyl halides is 1. The minimum absolute atomic E-state index is 0.181. The van der Waals surface area contributed by atoms with Gasteiger partial charge < -0.3 is 4.90 Å². The molecule has 1 aromatic rings. The summed E-state index contributed by atoms with van der Waals surface area (Å²) in [7, 11) is 0. The van der Waals surface area contributed by atoms with E-state index in [2.05, 4.69) is 0 Å². The van der Waals surface area contributed by atoms with Crippen LogP contribution in [0.25, 0.3) is 0 Å². The van der Waals surface area contributed by atoms with Gasteiger partial charge in [0, 0.05) is 13.1 Å². The second kappa shape index (κ2) is 6.01. The smallest absolute Gasteiger partial charge is 0.245 e. The van der Waals surface area contributed by atoms with E-state index >= 15 is 0 Å². The van der Waals surface area contributed by atoms with Gasteiger partial charge in [0.2, 0.25) is 5.91 Å². The van der Waals surface area contributed by atoms with Gasteiger partial charge >= 0.3 is 0 Å². The van der Waals surface area contributed by atoms with Crippen LogP contribution in [0.3, 0.4) is 0 Å². The number of nitrogens with zero attached hydrogens (tertiary/aromatic N) is 1. The first kappa shape index (κ1) is 14.0. The van der Waals surface area contributed by atoms with E-state index in [4.69, 9.17) is 11.6 Å². The maximum Gasteiger partial charge on any atom is 0.245 e. The molecule has 1 amide bonds. The van der Waals surface area contributed by atoms with Gasteiger partial charge in [0.1, 0.15) is 11.2 Å². The molecule has 0 saturated heterocycles. The highest BCUT2D eigenvalue weighted by Crippen LogP contribution is 2.24. The Morgan fingerprint density at radius 2 is 2.00 bits per heavy atom. The molecule has 0 fully saturated rings. The highest BCUT2D eigenvalue weighted by atomic mass is 35.5. The van der Waals surface area contributed by atoms with E-state index in [1.165, 1.54) is 6.07 Å². The van der Waals surface area contributed by atoms with Gasteiger partial charge in [-0.1, -0.05) is 12.1 Å². The van der Waals surface area contributed by atoms with Crippen LogP contribution in [0.1, 0.15) is 30.4 Å². The maximum absolute atomic E-state index is 13.4. The number of halogens is 2. The minimum atomic E-state index is -0.815. The second-order valence-corrected chi connectivity index (χ2v) is 4.32. The summed E-state index contributed by atoms with van der Waals surface area (Å²) in [4.78, 5) is 13.6. The zero-order valence-electron chi connectivity index (χ0n) is 10.3. The van der Waals surface area contributed by atoms with E-state index in [1.54, 1.807) is 24.0 Å². The van der Waals surface area contributed by atoms with E-state index in [1.807, 2.05) is 13.8 Å². The molecule has 2 nitrogen and oxygen atoms in total. The molecule has 0 bridgehead atoms. The fourth-order valence-corrected chi connectivity index (χ4v) is 1.88. The summed E-state index contributed by atoms with van der Waals surface area (Å²) < 4.78 is 13.4. The van der Waals surface area contributed by atoms with Gasteiger partial charge in [0.25, 0.3) is 0 Å². The van der Waals surface area contributed by atoms with Gasteiger partial charge in [-0.3, -0.25) is 4.79 Å². The number of likely N-dealkylation sites (N-methyl/N-ethyl adjacent to an activating group) is 1. The van der Waals surface area contributed by atoms with Crippen molar-refractivity contribution in [2.45, 2.75) is 26.1 Å². The first-order chi connectivity index (χ1) is 8.01. The summed E-state index contributed by atoms with van der Waals surface area (Å²) in [6.07, 6.45) is 0. The van der Waals surface area contributed by atoms with Crippen LogP contribution in [0.15, 0.2) is 18.2 Å². The third kappa shape index (κ3) is 3.19. The predicted octanol–water partition coefficient (Wildman–Crippen LogP) is 3.28. The van der Waals surface area contributed by atoms with E-state index in [-0.39, 0.29) is 11.7 Å². The SMILES string of the molecule is CCN(CC)C(=O)C(Cl)c1ccc(C)c(F)c1. The van der Waals surface area contributed by atoms with Crippen LogP contribution in [0.2, 0.25) is 0 Å². The lowest BCUT2D eigenvalue weighted by molar-refractivity contribution is -0.130. The van der Waals surface area contributed by atoms with Crippen molar-refractivity contribution in [2.24, 2.45) is 0 Å². The normalized spacial score (nSPS) is 12.3. The van der Waals surface area contributed by atoms with E-state index < -0.39 is 5.38 Å². The molecular formula is C13H17ClFNO. The van der Waals surface area contributed by atoms with E-state index in [0.717, 1.165) is 0 Å². The Kier molecular flexibility index (Phi) is 4.94. The topological polar surface area (TPSA) is 20.3 Å². The lowest BCUT2D eigenvalue weighted by Crippen LogP contribution is -2.33. The first-order valence-corrected chi connectivity index (χ1v) is 6.13. The van der Waals surface area contributed by atoms with Crippen molar-refractivity contribution in [2.75, 3.05) is 13.1 Å². The van der Waals surface area contributed by atoms with Crippen molar-refractivity contribution in [1.82, 2.24) is 4.90 Å². The highest BCUT2D eigenvalue weighted by Gasteiger charge is 2.22. The number of hydrogen-bond donors (Lipinski definition) is 0. The lowest BCUT2D eigenvalue weighted by atomic mass is 10.1. The van der Waals surface area contributed by atoms with Crippen LogP contribution in [0.5, 0.6) is 0 Å². The van der Waals surface area contributed by atoms with Crippen LogP contribution < -0.4 is 0 Å². The van der Waals surface area contributed by atoms with Gasteiger partial charge in [-0.15, -0.1) is 11.6 Å². The fourth-order valence-electron chi connectivity index (χ4n) is 1.60. The third-order valence-corrected chi connectivity index (χ3v) is 3.22. The number of carbonyl (C=O) groups excluding carboxylic acids is 1. The second-order valence-electron chi connectivity index (χ2n) is 3.88. The Balaban J connectivity index is 2.92. The summed E-state index contributed by atoms with van der Waals surface area (Å²) in [6.45, 7) is 6.66. The maximum atomic E-state index is 13.4. The molecule has 0 aliphatic carbocycles. The van der Waals surface area contributed by atoms with Gasteiger partial charge in [-0.25, -0.2) is 4.39 Å². The molecule has 4 heteroatoms. The van der Waals surface area contributed by atoms with Crippen molar-refractivity contribution in [3.63, 3.8) is 0 Å². The zero-order chi connectivity index (χ0) is 13.0. The number of amides is 1. The molecule has 1 atom stereocenters. The summed E-state index contributed by atoms with van der Waals surface area (Å²) in [6, 6.07) is 4.65. The van der Waals surface area contributed by atoms with Crippen LogP contribution in [0, 0.1) is 12.7 Å². The van der Waals surface area contributed by atoms with Gasteiger partial charge in [-0.05, 0) is 38.0 Å². The van der Waals surface area contributed by atoms with Crippen LogP contribution >= 0.6 is 11.6 Å². The molecule has 0 radical (unpaired) electrons. The molecule has 1 rings (SSSR count). The fraction of sp³-hybridized carbons (Fsp3) is 0.462. The Hall–Kier alpha value is -1.09. The molecular weight excluding hydrogens is 241 g/mol. The molecule has 0 aliphatic rings. The van der Waals surface area contributed by atoms with Crippen molar-refractivity contribution in [3.05, 3.63) is 35.1 Å². The number of aryl methyl sites for hydroxylation is 1. The quantitative estimate of drug-likeness (QED) is 0.758. The number of rotatable bonds is 4. The summed E-state index contributed by atoms with van der Waals surface area (Å²) in [5.41, 5.74) is 1.06.